The lowest BCUT2D eigenvalue weighted by Crippen LogP contribution is -2.03. The van der Waals surface area contributed by atoms with Gasteiger partial charge in [0.25, 0.3) is 0 Å². The van der Waals surface area contributed by atoms with Crippen molar-refractivity contribution < 1.29 is 24.5 Å². The van der Waals surface area contributed by atoms with E-state index in [-0.39, 0.29) is 5.57 Å². The SMILES string of the molecule is C=COC.CCC/C(=C/C(=O)O)C(=O)O. The predicted molar refractivity (Wildman–Crippen MR) is 55.5 cm³/mol. The molecule has 5 nitrogen and oxygen atoms in total. The molecule has 0 aromatic rings. The number of aliphatic carboxylic acids is 2. The molecule has 15 heavy (non-hydrogen) atoms. The summed E-state index contributed by atoms with van der Waals surface area (Å²) in [5.74, 6) is -2.37. The van der Waals surface area contributed by atoms with E-state index < -0.39 is 11.9 Å². The summed E-state index contributed by atoms with van der Waals surface area (Å²) in [7, 11) is 1.56. The quantitative estimate of drug-likeness (QED) is 0.539. The molecule has 0 heterocycles. The number of methoxy groups -OCH3 is 1. The Hall–Kier alpha value is -1.78. The minimum absolute atomic E-state index is 0.0556. The van der Waals surface area contributed by atoms with Gasteiger partial charge in [-0.2, -0.15) is 0 Å². The lowest BCUT2D eigenvalue weighted by Gasteiger charge is -1.95. The van der Waals surface area contributed by atoms with Gasteiger partial charge in [0, 0.05) is 11.6 Å². The molecule has 0 spiro atoms. The molecule has 0 unspecified atom stereocenters. The highest BCUT2D eigenvalue weighted by Crippen LogP contribution is 2.03. The molecule has 0 aliphatic carbocycles. The average molecular weight is 216 g/mol. The Balaban J connectivity index is 0. The molecule has 2 N–H and O–H groups in total. The highest BCUT2D eigenvalue weighted by molar-refractivity contribution is 5.94. The maximum Gasteiger partial charge on any atom is 0.331 e. The van der Waals surface area contributed by atoms with E-state index in [0.717, 1.165) is 6.08 Å². The Kier molecular flexibility index (Phi) is 10.8. The maximum absolute atomic E-state index is 10.3. The van der Waals surface area contributed by atoms with E-state index in [4.69, 9.17) is 10.2 Å². The number of ether oxygens (including phenoxy) is 1. The molecule has 0 radical (unpaired) electrons. The Labute approximate surface area is 88.7 Å². The summed E-state index contributed by atoms with van der Waals surface area (Å²) in [5, 5.41) is 16.6. The number of hydrogen-bond acceptors (Lipinski definition) is 3. The minimum Gasteiger partial charge on any atom is -0.505 e. The molecule has 0 aliphatic rings. The van der Waals surface area contributed by atoms with Gasteiger partial charge in [-0.3, -0.25) is 0 Å². The van der Waals surface area contributed by atoms with Crippen LogP contribution in [0.15, 0.2) is 24.5 Å². The van der Waals surface area contributed by atoms with Gasteiger partial charge in [0.1, 0.15) is 0 Å². The summed E-state index contributed by atoms with van der Waals surface area (Å²) in [5.41, 5.74) is -0.0556. The molecule has 0 fully saturated rings. The van der Waals surface area contributed by atoms with Crippen LogP contribution in [0.5, 0.6) is 0 Å². The Morgan fingerprint density at radius 3 is 2.07 bits per heavy atom. The molecule has 0 aliphatic heterocycles. The van der Waals surface area contributed by atoms with E-state index in [1.807, 2.05) is 0 Å². The molecule has 0 aromatic carbocycles. The number of carbonyl (C=O) groups is 2. The lowest BCUT2D eigenvalue weighted by atomic mass is 10.1. The monoisotopic (exact) mass is 216 g/mol. The zero-order chi connectivity index (χ0) is 12.3. The normalized spacial score (nSPS) is 9.60. The standard InChI is InChI=1S/C7H10O4.C3H6O/c1-2-3-5(7(10)11)4-6(8)9;1-3-4-2/h4H,2-3H2,1H3,(H,8,9)(H,10,11);3H,1H2,2H3/b5-4-;. The van der Waals surface area contributed by atoms with Crippen molar-refractivity contribution in [2.24, 2.45) is 0 Å². The van der Waals surface area contributed by atoms with Crippen LogP contribution in [0, 0.1) is 0 Å². The Morgan fingerprint density at radius 2 is 1.87 bits per heavy atom. The maximum atomic E-state index is 10.3. The molecule has 0 amide bonds. The molecular weight excluding hydrogens is 200 g/mol. The summed E-state index contributed by atoms with van der Waals surface area (Å²) in [4.78, 5) is 20.3. The van der Waals surface area contributed by atoms with Gasteiger partial charge in [-0.05, 0) is 6.42 Å². The lowest BCUT2D eigenvalue weighted by molar-refractivity contribution is -0.135. The van der Waals surface area contributed by atoms with Crippen LogP contribution in [0.2, 0.25) is 0 Å². The third-order valence-electron chi connectivity index (χ3n) is 1.26. The van der Waals surface area contributed by atoms with Crippen molar-refractivity contribution in [1.82, 2.24) is 0 Å². The smallest absolute Gasteiger partial charge is 0.331 e. The highest BCUT2D eigenvalue weighted by Gasteiger charge is 2.07. The number of hydrogen-bond donors (Lipinski definition) is 2. The van der Waals surface area contributed by atoms with Crippen molar-refractivity contribution in [2.75, 3.05) is 7.11 Å². The number of carboxylic acid groups (broad SMARTS) is 2. The number of rotatable bonds is 5. The van der Waals surface area contributed by atoms with Crippen LogP contribution in [0.4, 0.5) is 0 Å². The molecule has 5 heteroatoms. The van der Waals surface area contributed by atoms with Crippen molar-refractivity contribution in [3.63, 3.8) is 0 Å². The number of carboxylic acids is 2. The van der Waals surface area contributed by atoms with Gasteiger partial charge < -0.3 is 14.9 Å². The van der Waals surface area contributed by atoms with E-state index in [1.165, 1.54) is 6.26 Å². The molecule has 0 bridgehead atoms. The molecule has 0 rings (SSSR count). The van der Waals surface area contributed by atoms with Gasteiger partial charge in [0.15, 0.2) is 0 Å². The summed E-state index contributed by atoms with van der Waals surface area (Å²) < 4.78 is 4.31. The van der Waals surface area contributed by atoms with Crippen LogP contribution in [-0.2, 0) is 14.3 Å². The summed E-state index contributed by atoms with van der Waals surface area (Å²) in [6.07, 6.45) is 3.03. The fourth-order valence-electron chi connectivity index (χ4n) is 0.659. The topological polar surface area (TPSA) is 83.8 Å². The van der Waals surface area contributed by atoms with Gasteiger partial charge in [0.2, 0.25) is 0 Å². The van der Waals surface area contributed by atoms with E-state index >= 15 is 0 Å². The van der Waals surface area contributed by atoms with E-state index in [0.29, 0.717) is 12.8 Å². The Morgan fingerprint density at radius 1 is 1.40 bits per heavy atom. The van der Waals surface area contributed by atoms with Gasteiger partial charge in [-0.25, -0.2) is 9.59 Å². The predicted octanol–water partition coefficient (Wildman–Crippen LogP) is 1.66. The molecule has 0 saturated heterocycles. The van der Waals surface area contributed by atoms with Gasteiger partial charge >= 0.3 is 11.9 Å². The molecule has 0 aromatic heterocycles. The highest BCUT2D eigenvalue weighted by atomic mass is 16.5. The molecule has 86 valence electrons. The summed E-state index contributed by atoms with van der Waals surface area (Å²) in [6, 6.07) is 0. The fourth-order valence-corrected chi connectivity index (χ4v) is 0.659. The zero-order valence-corrected chi connectivity index (χ0v) is 8.90. The van der Waals surface area contributed by atoms with Crippen LogP contribution >= 0.6 is 0 Å². The van der Waals surface area contributed by atoms with E-state index in [1.54, 1.807) is 14.0 Å². The minimum atomic E-state index is -1.21. The van der Waals surface area contributed by atoms with E-state index in [9.17, 15) is 9.59 Å². The van der Waals surface area contributed by atoms with Gasteiger partial charge in [-0.15, -0.1) is 0 Å². The third-order valence-corrected chi connectivity index (χ3v) is 1.26. The van der Waals surface area contributed by atoms with Crippen molar-refractivity contribution in [3.8, 4) is 0 Å². The van der Waals surface area contributed by atoms with Crippen LogP contribution in [0.25, 0.3) is 0 Å². The first-order valence-electron chi connectivity index (χ1n) is 4.30. The second-order valence-corrected chi connectivity index (χ2v) is 2.47. The van der Waals surface area contributed by atoms with Crippen LogP contribution < -0.4 is 0 Å². The second kappa shape index (κ2) is 10.3. The van der Waals surface area contributed by atoms with Crippen molar-refractivity contribution in [2.45, 2.75) is 19.8 Å². The van der Waals surface area contributed by atoms with E-state index in [2.05, 4.69) is 11.3 Å². The Bertz CT molecular complexity index is 242. The second-order valence-electron chi connectivity index (χ2n) is 2.47. The van der Waals surface area contributed by atoms with Crippen LogP contribution in [-0.4, -0.2) is 29.3 Å². The van der Waals surface area contributed by atoms with Crippen molar-refractivity contribution in [1.29, 1.82) is 0 Å². The van der Waals surface area contributed by atoms with Gasteiger partial charge in [-0.1, -0.05) is 19.9 Å². The first-order chi connectivity index (χ1) is 6.99. The van der Waals surface area contributed by atoms with Crippen molar-refractivity contribution >= 4 is 11.9 Å². The zero-order valence-electron chi connectivity index (χ0n) is 8.90. The molecule has 0 atom stereocenters. The van der Waals surface area contributed by atoms with Crippen LogP contribution in [0.3, 0.4) is 0 Å². The molecule has 0 saturated carbocycles. The van der Waals surface area contributed by atoms with Gasteiger partial charge in [0.05, 0.1) is 13.4 Å². The van der Waals surface area contributed by atoms with Crippen LogP contribution in [0.1, 0.15) is 19.8 Å². The third kappa shape index (κ3) is 12.2. The average Bonchev–Trinajstić information content (AvgIpc) is 2.17. The first-order valence-corrected chi connectivity index (χ1v) is 4.30. The summed E-state index contributed by atoms with van der Waals surface area (Å²) >= 11 is 0. The summed E-state index contributed by atoms with van der Waals surface area (Å²) in [6.45, 7) is 5.05. The van der Waals surface area contributed by atoms with Crippen molar-refractivity contribution in [3.05, 3.63) is 24.5 Å². The first kappa shape index (κ1) is 15.7. The largest absolute Gasteiger partial charge is 0.505 e. The molecular formula is C10H16O5. The fraction of sp³-hybridized carbons (Fsp3) is 0.400.